The summed E-state index contributed by atoms with van der Waals surface area (Å²) in [6, 6.07) is -1.74. The third-order valence-corrected chi connectivity index (χ3v) is 6.23. The molecule has 0 aliphatic heterocycles. The molecule has 2 amide bonds. The van der Waals surface area contributed by atoms with E-state index in [4.69, 9.17) is 21.1 Å². The Morgan fingerprint density at radius 2 is 1.27 bits per heavy atom. The molecule has 0 bridgehead atoms. The Hall–Kier alpha value is -1.84. The van der Waals surface area contributed by atoms with Crippen molar-refractivity contribution in [3.05, 3.63) is 12.7 Å². The summed E-state index contributed by atoms with van der Waals surface area (Å²) >= 11 is 0. The van der Waals surface area contributed by atoms with E-state index in [2.05, 4.69) is 12.2 Å². The van der Waals surface area contributed by atoms with Gasteiger partial charge in [0.2, 0.25) is 17.9 Å². The van der Waals surface area contributed by atoms with Crippen molar-refractivity contribution in [1.29, 1.82) is 0 Å². The smallest absolute Gasteiger partial charge is 0.677 e. The van der Waals surface area contributed by atoms with E-state index in [0.717, 1.165) is 12.8 Å². The second-order valence-electron chi connectivity index (χ2n) is 11.2. The third kappa shape index (κ3) is 22.9. The molecule has 0 aromatic rings. The van der Waals surface area contributed by atoms with E-state index in [9.17, 15) is 24.0 Å². The number of aliphatic hydroxyl groups excluding tert-OH is 1. The number of hydrogen-bond donors (Lipinski definition) is 5. The number of carbonyl (C=O) groups excluding carboxylic acids is 3. The zero-order valence-electron chi connectivity index (χ0n) is 25.7. The average molecular weight is 755 g/mol. The van der Waals surface area contributed by atoms with Gasteiger partial charge in [-0.2, -0.15) is 12.0 Å². The fraction of sp³-hybridized carbons (Fsp3) is 0.786. The number of hydrogen-bond acceptors (Lipinski definition) is 6. The number of ketones is 1. The maximum atomic E-state index is 11.5. The molecule has 0 aromatic carbocycles. The monoisotopic (exact) mass is 754 g/mol. The standard InChI is InChI=1S/C9H15NO5.C9H19NO2.C7H13N.C3H6O.Pt/c1-4-9(2,3)8(15)10-5(6(11)12)7(13)14;1-5-9(3,4)8(12)10-6-7(2)11;1-6-4-2-3-5-7(6)8;1-3(2)4;/h5H,4H2,1-3H3,(H,10,15)(H,11,12)(H,13,14);7,11H,5-6H2,1-4H3,(H,10,12);6-8H,1-5H2;1-2H3;/q;;-2;;+2. The molecule has 1 aliphatic rings. The molecule has 12 heteroatoms. The van der Waals surface area contributed by atoms with Crippen molar-refractivity contribution >= 4 is 29.5 Å². The fourth-order valence-corrected chi connectivity index (χ4v) is 2.56. The first-order chi connectivity index (χ1) is 17.7. The minimum atomic E-state index is -1.89. The van der Waals surface area contributed by atoms with Crippen molar-refractivity contribution in [3.8, 4) is 0 Å². The molecule has 0 radical (unpaired) electrons. The van der Waals surface area contributed by atoms with Gasteiger partial charge in [0.25, 0.3) is 0 Å². The Balaban J connectivity index is -0.000000232. The van der Waals surface area contributed by atoms with Crippen LogP contribution in [0.5, 0.6) is 0 Å². The third-order valence-electron chi connectivity index (χ3n) is 6.23. The topological polar surface area (TPSA) is 194 Å². The summed E-state index contributed by atoms with van der Waals surface area (Å²) in [7, 11) is 0. The van der Waals surface area contributed by atoms with Crippen molar-refractivity contribution in [1.82, 2.24) is 10.6 Å². The summed E-state index contributed by atoms with van der Waals surface area (Å²) in [5, 5.41) is 30.6. The number of nitrogens with one attached hydrogen (secondary N) is 3. The van der Waals surface area contributed by atoms with Crippen LogP contribution in [0.2, 0.25) is 0 Å². The molecule has 238 valence electrons. The van der Waals surface area contributed by atoms with Crippen LogP contribution in [0.3, 0.4) is 0 Å². The SMILES string of the molecule is CC(C)=O.CCC(C)(C)C(=O)NC(C(=O)O)C(=O)O.CCC(C)(C)C(=O)NCC(C)O.[CH2-]C1CCCCC1[NH-].[Pt+2]. The molecule has 3 unspecified atom stereocenters. The Kier molecular flexibility index (Phi) is 25.7. The summed E-state index contributed by atoms with van der Waals surface area (Å²) in [5.74, 6) is -3.15. The summed E-state index contributed by atoms with van der Waals surface area (Å²) in [5.41, 5.74) is 6.32. The van der Waals surface area contributed by atoms with Crippen LogP contribution in [-0.4, -0.2) is 69.6 Å². The number of aliphatic hydroxyl groups is 1. The molecular formula is C28H53N3O8Pt. The molecule has 11 nitrogen and oxygen atoms in total. The number of carbonyl (C=O) groups is 5. The molecule has 40 heavy (non-hydrogen) atoms. The van der Waals surface area contributed by atoms with Gasteiger partial charge < -0.3 is 43.4 Å². The van der Waals surface area contributed by atoms with Crippen molar-refractivity contribution in [2.24, 2.45) is 16.7 Å². The normalized spacial score (nSPS) is 17.0. The second-order valence-corrected chi connectivity index (χ2v) is 11.2. The number of amides is 2. The van der Waals surface area contributed by atoms with Gasteiger partial charge in [0.05, 0.1) is 6.10 Å². The van der Waals surface area contributed by atoms with Crippen LogP contribution in [0.25, 0.3) is 5.73 Å². The predicted molar refractivity (Wildman–Crippen MR) is 152 cm³/mol. The average Bonchev–Trinajstić information content (AvgIpc) is 2.82. The van der Waals surface area contributed by atoms with Gasteiger partial charge in [0.15, 0.2) is 0 Å². The van der Waals surface area contributed by atoms with Crippen LogP contribution in [0.1, 0.15) is 101 Å². The fourth-order valence-electron chi connectivity index (χ4n) is 2.56. The van der Waals surface area contributed by atoms with Crippen molar-refractivity contribution in [2.45, 2.75) is 119 Å². The number of rotatable bonds is 9. The van der Waals surface area contributed by atoms with Gasteiger partial charge in [-0.3, -0.25) is 9.59 Å². The summed E-state index contributed by atoms with van der Waals surface area (Å²) < 4.78 is 0. The molecular weight excluding hydrogens is 701 g/mol. The van der Waals surface area contributed by atoms with E-state index in [-0.39, 0.29) is 44.2 Å². The van der Waals surface area contributed by atoms with Crippen molar-refractivity contribution in [2.75, 3.05) is 6.54 Å². The van der Waals surface area contributed by atoms with Crippen LogP contribution in [0, 0.1) is 23.7 Å². The molecule has 0 spiro atoms. The second kappa shape index (κ2) is 22.8. The Labute approximate surface area is 255 Å². The van der Waals surface area contributed by atoms with E-state index in [1.165, 1.54) is 33.1 Å². The zero-order valence-corrected chi connectivity index (χ0v) is 27.9. The quantitative estimate of drug-likeness (QED) is 0.172. The zero-order chi connectivity index (χ0) is 31.6. The van der Waals surface area contributed by atoms with E-state index in [1.807, 2.05) is 26.1 Å². The molecule has 1 fully saturated rings. The minimum absolute atomic E-state index is 0. The summed E-state index contributed by atoms with van der Waals surface area (Å²) in [4.78, 5) is 53.3. The van der Waals surface area contributed by atoms with Gasteiger partial charge in [-0.1, -0.05) is 67.2 Å². The Morgan fingerprint density at radius 1 is 0.900 bits per heavy atom. The first kappa shape index (κ1) is 45.2. The van der Waals surface area contributed by atoms with E-state index >= 15 is 0 Å². The minimum Gasteiger partial charge on any atom is -0.677 e. The van der Waals surface area contributed by atoms with Crippen LogP contribution >= 0.6 is 0 Å². The summed E-state index contributed by atoms with van der Waals surface area (Å²) in [6.45, 7) is 19.7. The first-order valence-corrected chi connectivity index (χ1v) is 13.4. The molecule has 1 aliphatic carbocycles. The van der Waals surface area contributed by atoms with Crippen LogP contribution in [0.15, 0.2) is 0 Å². The number of carboxylic acid groups (broad SMARTS) is 2. The van der Waals surface area contributed by atoms with Gasteiger partial charge in [0.1, 0.15) is 5.78 Å². The van der Waals surface area contributed by atoms with Gasteiger partial charge in [-0.25, -0.2) is 9.59 Å². The maximum Gasteiger partial charge on any atom is 2.00 e. The van der Waals surface area contributed by atoms with Gasteiger partial charge >= 0.3 is 33.0 Å². The number of aliphatic carboxylic acids is 2. The van der Waals surface area contributed by atoms with Crippen LogP contribution < -0.4 is 10.6 Å². The molecule has 0 saturated heterocycles. The molecule has 1 rings (SSSR count). The molecule has 0 heterocycles. The first-order valence-electron chi connectivity index (χ1n) is 13.4. The molecule has 0 aromatic heterocycles. The Bertz CT molecular complexity index is 745. The predicted octanol–water partition coefficient (Wildman–Crippen LogP) is 4.02. The largest absolute Gasteiger partial charge is 2.00 e. The van der Waals surface area contributed by atoms with Crippen molar-refractivity contribution in [3.63, 3.8) is 0 Å². The Morgan fingerprint density at radius 3 is 1.55 bits per heavy atom. The number of carboxylic acids is 2. The molecule has 6 N–H and O–H groups in total. The molecule has 1 saturated carbocycles. The van der Waals surface area contributed by atoms with Crippen molar-refractivity contribution < 1.29 is 60.4 Å². The van der Waals surface area contributed by atoms with Crippen LogP contribution in [0.4, 0.5) is 0 Å². The van der Waals surface area contributed by atoms with E-state index < -0.39 is 35.4 Å². The summed E-state index contributed by atoms with van der Waals surface area (Å²) in [6.07, 6.45) is 5.62. The van der Waals surface area contributed by atoms with E-state index in [1.54, 1.807) is 27.7 Å². The molecule has 3 atom stereocenters. The van der Waals surface area contributed by atoms with Crippen LogP contribution in [-0.2, 0) is 45.0 Å². The van der Waals surface area contributed by atoms with E-state index in [0.29, 0.717) is 18.9 Å². The van der Waals surface area contributed by atoms with Gasteiger partial charge in [-0.05, 0) is 33.6 Å². The van der Waals surface area contributed by atoms with Gasteiger partial charge in [-0.15, -0.1) is 0 Å². The van der Waals surface area contributed by atoms with Gasteiger partial charge in [0, 0.05) is 17.4 Å². The number of Topliss-reactive ketones (excluding diaryl/α,β-unsaturated/α-hetero) is 1. The maximum absolute atomic E-state index is 11.5.